The van der Waals surface area contributed by atoms with E-state index in [9.17, 15) is 9.90 Å². The zero-order chi connectivity index (χ0) is 25.3. The molecule has 0 radical (unpaired) electrons. The lowest BCUT2D eigenvalue weighted by Crippen LogP contribution is -2.42. The average Bonchev–Trinajstić information content (AvgIpc) is 3.29. The number of halogens is 2. The van der Waals surface area contributed by atoms with Gasteiger partial charge in [-0.3, -0.25) is 0 Å². The molecule has 2 aromatic carbocycles. The van der Waals surface area contributed by atoms with Crippen LogP contribution in [0.1, 0.15) is 46.9 Å². The molecule has 0 bridgehead atoms. The molecule has 1 aliphatic heterocycles. The van der Waals surface area contributed by atoms with E-state index >= 15 is 0 Å². The number of carboxylic acids is 1. The number of fused-ring (bicyclic) bond motifs is 2. The summed E-state index contributed by atoms with van der Waals surface area (Å²) in [6.07, 6.45) is 3.25. The van der Waals surface area contributed by atoms with Gasteiger partial charge in [0.2, 0.25) is 0 Å². The van der Waals surface area contributed by atoms with Crippen molar-refractivity contribution in [3.05, 3.63) is 62.8 Å². The van der Waals surface area contributed by atoms with E-state index in [1.165, 1.54) is 11.3 Å². The number of ether oxygens (including phenoxy) is 1. The minimum Gasteiger partial charge on any atom is -0.478 e. The van der Waals surface area contributed by atoms with Crippen LogP contribution < -0.4 is 4.90 Å². The summed E-state index contributed by atoms with van der Waals surface area (Å²) in [7, 11) is 0. The molecule has 3 fully saturated rings. The van der Waals surface area contributed by atoms with Gasteiger partial charge < -0.3 is 19.3 Å². The Kier molecular flexibility index (Phi) is 5.69. The molecule has 37 heavy (non-hydrogen) atoms. The molecule has 3 heterocycles. The summed E-state index contributed by atoms with van der Waals surface area (Å²) < 4.78 is 13.2. The monoisotopic (exact) mass is 555 g/mol. The van der Waals surface area contributed by atoms with Crippen molar-refractivity contribution in [2.45, 2.75) is 37.9 Å². The van der Waals surface area contributed by atoms with Crippen molar-refractivity contribution in [3.8, 4) is 11.3 Å². The molecule has 0 amide bonds. The highest BCUT2D eigenvalue weighted by molar-refractivity contribution is 7.16. The van der Waals surface area contributed by atoms with Crippen molar-refractivity contribution in [1.29, 1.82) is 0 Å². The number of carbonyl (C=O) groups is 1. The second-order valence-corrected chi connectivity index (χ2v) is 11.9. The molecule has 0 spiro atoms. The van der Waals surface area contributed by atoms with Crippen LogP contribution in [0, 0.1) is 11.8 Å². The van der Waals surface area contributed by atoms with Crippen molar-refractivity contribution in [3.63, 3.8) is 0 Å². The molecule has 7 rings (SSSR count). The standard InChI is InChI=1S/C27H23Cl2N3O4S/c28-18-2-1-3-19(29)23(18)24-17(26(36-31-24)13-4-5-13)11-35-21-7-15-9-32(10-16(15)21)20-6-14(27(33)34)8-22-25(20)30-12-37-22/h1-3,6,8,12-13,15-16,21H,4-5,7,9-11H2,(H,33,34)/t15-,16+,21-/m0/s1. The Morgan fingerprint density at radius 2 is 2.03 bits per heavy atom. The Hall–Kier alpha value is -2.65. The smallest absolute Gasteiger partial charge is 0.335 e. The maximum Gasteiger partial charge on any atom is 0.335 e. The third-order valence-corrected chi connectivity index (χ3v) is 9.32. The van der Waals surface area contributed by atoms with Gasteiger partial charge in [-0.15, -0.1) is 11.3 Å². The minimum absolute atomic E-state index is 0.111. The van der Waals surface area contributed by atoms with E-state index in [1.54, 1.807) is 29.8 Å². The Labute approximate surface area is 226 Å². The molecule has 2 aromatic heterocycles. The first-order valence-electron chi connectivity index (χ1n) is 12.4. The third-order valence-electron chi connectivity index (χ3n) is 7.92. The molecule has 4 aromatic rings. The number of aromatic nitrogens is 2. The number of hydrogen-bond donors (Lipinski definition) is 1. The van der Waals surface area contributed by atoms with Crippen LogP contribution in [0.25, 0.3) is 21.5 Å². The zero-order valence-corrected chi connectivity index (χ0v) is 22.0. The van der Waals surface area contributed by atoms with E-state index in [0.29, 0.717) is 51.2 Å². The first kappa shape index (κ1) is 23.5. The SMILES string of the molecule is O=C(O)c1cc(N2C[C@@H]3C[C@H](OCc4c(-c5c(Cl)cccc5Cl)noc4C4CC4)[C@@H]3C2)c2ncsc2c1. The van der Waals surface area contributed by atoms with E-state index in [0.717, 1.165) is 59.6 Å². The van der Waals surface area contributed by atoms with Crippen LogP contribution in [0.4, 0.5) is 5.69 Å². The quantitative estimate of drug-likeness (QED) is 0.266. The number of benzene rings is 2. The molecule has 0 unspecified atom stereocenters. The predicted molar refractivity (Wildman–Crippen MR) is 143 cm³/mol. The zero-order valence-electron chi connectivity index (χ0n) is 19.7. The normalized spacial score (nSPS) is 22.9. The summed E-state index contributed by atoms with van der Waals surface area (Å²) in [5.41, 5.74) is 6.12. The predicted octanol–water partition coefficient (Wildman–Crippen LogP) is 6.88. The van der Waals surface area contributed by atoms with Crippen LogP contribution in [-0.2, 0) is 11.3 Å². The van der Waals surface area contributed by atoms with Crippen molar-refractivity contribution >= 4 is 56.4 Å². The Balaban J connectivity index is 1.11. The molecule has 2 saturated carbocycles. The fourth-order valence-corrected chi connectivity index (χ4v) is 7.10. The maximum absolute atomic E-state index is 11.7. The van der Waals surface area contributed by atoms with Crippen LogP contribution >= 0.6 is 34.5 Å². The van der Waals surface area contributed by atoms with Crippen LogP contribution in [-0.4, -0.2) is 40.4 Å². The van der Waals surface area contributed by atoms with Gasteiger partial charge in [0.05, 0.1) is 44.2 Å². The summed E-state index contributed by atoms with van der Waals surface area (Å²) in [6, 6.07) is 8.89. The summed E-state index contributed by atoms with van der Waals surface area (Å²) in [5, 5.41) is 15.0. The lowest BCUT2D eigenvalue weighted by Gasteiger charge is -2.38. The minimum atomic E-state index is -0.922. The second-order valence-electron chi connectivity index (χ2n) is 10.2. The molecule has 10 heteroatoms. The number of rotatable bonds is 7. The molecule has 1 saturated heterocycles. The van der Waals surface area contributed by atoms with Gasteiger partial charge in [0.1, 0.15) is 17.0 Å². The van der Waals surface area contributed by atoms with E-state index in [1.807, 2.05) is 6.07 Å². The van der Waals surface area contributed by atoms with E-state index < -0.39 is 5.97 Å². The van der Waals surface area contributed by atoms with E-state index in [2.05, 4.69) is 15.0 Å². The molecule has 3 atom stereocenters. The van der Waals surface area contributed by atoms with Gasteiger partial charge in [-0.1, -0.05) is 34.4 Å². The van der Waals surface area contributed by atoms with Gasteiger partial charge in [0.15, 0.2) is 0 Å². The number of nitrogens with zero attached hydrogens (tertiary/aromatic N) is 3. The third kappa shape index (κ3) is 4.02. The molecule has 190 valence electrons. The summed E-state index contributed by atoms with van der Waals surface area (Å²) in [5.74, 6) is 1.22. The highest BCUT2D eigenvalue weighted by Crippen LogP contribution is 2.48. The summed E-state index contributed by atoms with van der Waals surface area (Å²) in [6.45, 7) is 2.08. The number of anilines is 1. The molecular formula is C27H23Cl2N3O4S. The fourth-order valence-electron chi connectivity index (χ4n) is 5.78. The van der Waals surface area contributed by atoms with Gasteiger partial charge in [-0.2, -0.15) is 0 Å². The van der Waals surface area contributed by atoms with Crippen molar-refractivity contribution in [2.24, 2.45) is 11.8 Å². The number of aromatic carboxylic acids is 1. The fraction of sp³-hybridized carbons (Fsp3) is 0.370. The molecule has 3 aliphatic rings. The topological polar surface area (TPSA) is 88.7 Å². The highest BCUT2D eigenvalue weighted by atomic mass is 35.5. The first-order valence-corrected chi connectivity index (χ1v) is 14.0. The van der Waals surface area contributed by atoms with Gasteiger partial charge in [0.25, 0.3) is 0 Å². The Bertz CT molecular complexity index is 1510. The lowest BCUT2D eigenvalue weighted by atomic mass is 9.73. The Morgan fingerprint density at radius 1 is 1.22 bits per heavy atom. The molecule has 7 nitrogen and oxygen atoms in total. The van der Waals surface area contributed by atoms with Crippen LogP contribution in [0.5, 0.6) is 0 Å². The highest BCUT2D eigenvalue weighted by Gasteiger charge is 2.48. The Morgan fingerprint density at radius 3 is 2.78 bits per heavy atom. The molecular weight excluding hydrogens is 533 g/mol. The van der Waals surface area contributed by atoms with Crippen LogP contribution in [0.2, 0.25) is 10.0 Å². The maximum atomic E-state index is 11.7. The van der Waals surface area contributed by atoms with Gasteiger partial charge in [0, 0.05) is 36.1 Å². The number of hydrogen-bond acceptors (Lipinski definition) is 7. The van der Waals surface area contributed by atoms with Crippen LogP contribution in [0.3, 0.4) is 0 Å². The van der Waals surface area contributed by atoms with Gasteiger partial charge in [-0.05, 0) is 49.4 Å². The van der Waals surface area contributed by atoms with E-state index in [4.69, 9.17) is 32.5 Å². The van der Waals surface area contributed by atoms with Gasteiger partial charge in [-0.25, -0.2) is 9.78 Å². The van der Waals surface area contributed by atoms with E-state index in [-0.39, 0.29) is 6.10 Å². The lowest BCUT2D eigenvalue weighted by molar-refractivity contribution is -0.0747. The first-order chi connectivity index (χ1) is 18.0. The molecule has 1 N–H and O–H groups in total. The number of thiazole rings is 1. The summed E-state index contributed by atoms with van der Waals surface area (Å²) >= 11 is 14.5. The largest absolute Gasteiger partial charge is 0.478 e. The second kappa shape index (κ2) is 8.98. The number of carboxylic acid groups (broad SMARTS) is 1. The average molecular weight is 556 g/mol. The summed E-state index contributed by atoms with van der Waals surface area (Å²) in [4.78, 5) is 18.5. The van der Waals surface area contributed by atoms with Gasteiger partial charge >= 0.3 is 5.97 Å². The van der Waals surface area contributed by atoms with Crippen molar-refractivity contribution < 1.29 is 19.2 Å². The van der Waals surface area contributed by atoms with Crippen LogP contribution in [0.15, 0.2) is 40.4 Å². The van der Waals surface area contributed by atoms with Crippen molar-refractivity contribution in [2.75, 3.05) is 18.0 Å². The van der Waals surface area contributed by atoms with Crippen molar-refractivity contribution in [1.82, 2.24) is 10.1 Å². The molecule has 2 aliphatic carbocycles.